The van der Waals surface area contributed by atoms with Crippen LogP contribution in [0, 0.1) is 0 Å². The van der Waals surface area contributed by atoms with Gasteiger partial charge in [0.25, 0.3) is 0 Å². The molecule has 0 bridgehead atoms. The van der Waals surface area contributed by atoms with Crippen LogP contribution in [0.3, 0.4) is 0 Å². The molecule has 1 aliphatic carbocycles. The zero-order valence-corrected chi connectivity index (χ0v) is 18.5. The van der Waals surface area contributed by atoms with Crippen LogP contribution in [0.25, 0.3) is 11.3 Å². The molecule has 1 unspecified atom stereocenters. The summed E-state index contributed by atoms with van der Waals surface area (Å²) < 4.78 is 10.9. The molecule has 3 aromatic rings. The van der Waals surface area contributed by atoms with Gasteiger partial charge in [0, 0.05) is 18.1 Å². The highest BCUT2D eigenvalue weighted by atomic mass is 16.5. The Kier molecular flexibility index (Phi) is 6.09. The Morgan fingerprint density at radius 3 is 2.48 bits per heavy atom. The molecule has 0 spiro atoms. The van der Waals surface area contributed by atoms with E-state index in [2.05, 4.69) is 31.3 Å². The van der Waals surface area contributed by atoms with Crippen LogP contribution in [-0.4, -0.2) is 35.4 Å². The number of aliphatic hydroxyl groups excluding tert-OH is 1. The summed E-state index contributed by atoms with van der Waals surface area (Å²) in [5.41, 5.74) is 5.74. The van der Waals surface area contributed by atoms with Crippen LogP contribution in [0.2, 0.25) is 0 Å². The Bertz CT molecular complexity index is 1080. The Morgan fingerprint density at radius 1 is 1.00 bits per heavy atom. The highest BCUT2D eigenvalue weighted by molar-refractivity contribution is 5.71. The zero-order valence-electron chi connectivity index (χ0n) is 18.5. The second kappa shape index (κ2) is 8.94. The predicted molar refractivity (Wildman–Crippen MR) is 122 cm³/mol. The van der Waals surface area contributed by atoms with Gasteiger partial charge in [0.05, 0.1) is 43.4 Å². The second-order valence-electron chi connectivity index (χ2n) is 7.68. The summed E-state index contributed by atoms with van der Waals surface area (Å²) in [5, 5.41) is 14.2. The molecule has 0 saturated heterocycles. The summed E-state index contributed by atoms with van der Waals surface area (Å²) in [7, 11) is 3.28. The minimum absolute atomic E-state index is 0.193. The smallest absolute Gasteiger partial charge is 0.148 e. The quantitative estimate of drug-likeness (QED) is 0.593. The van der Waals surface area contributed by atoms with Crippen molar-refractivity contribution < 1.29 is 14.6 Å². The van der Waals surface area contributed by atoms with E-state index < -0.39 is 6.10 Å². The molecule has 0 aliphatic heterocycles. The summed E-state index contributed by atoms with van der Waals surface area (Å²) in [4.78, 5) is 9.95. The first-order valence-corrected chi connectivity index (χ1v) is 10.7. The molecule has 1 heterocycles. The largest absolute Gasteiger partial charge is 0.497 e. The van der Waals surface area contributed by atoms with E-state index >= 15 is 0 Å². The fraction of sp³-hybridized carbons (Fsp3) is 0.360. The number of anilines is 1. The molecule has 0 amide bonds. The Balaban J connectivity index is 1.76. The third-order valence-corrected chi connectivity index (χ3v) is 5.87. The van der Waals surface area contributed by atoms with Crippen LogP contribution in [0.5, 0.6) is 11.5 Å². The van der Waals surface area contributed by atoms with E-state index in [1.54, 1.807) is 14.2 Å². The first kappa shape index (κ1) is 21.1. The van der Waals surface area contributed by atoms with Gasteiger partial charge in [-0.25, -0.2) is 9.97 Å². The van der Waals surface area contributed by atoms with Crippen LogP contribution in [0.1, 0.15) is 42.4 Å². The molecule has 1 aliphatic rings. The van der Waals surface area contributed by atoms with Crippen molar-refractivity contribution in [1.82, 2.24) is 9.97 Å². The van der Waals surface area contributed by atoms with Crippen LogP contribution in [0.4, 0.5) is 5.82 Å². The van der Waals surface area contributed by atoms with Gasteiger partial charge in [0.2, 0.25) is 0 Å². The molecule has 2 atom stereocenters. The molecule has 31 heavy (non-hydrogen) atoms. The highest BCUT2D eigenvalue weighted by Gasteiger charge is 2.31. The number of aliphatic hydroxyl groups is 1. The second-order valence-corrected chi connectivity index (χ2v) is 7.68. The summed E-state index contributed by atoms with van der Waals surface area (Å²) in [6.45, 7) is 4.13. The standard InChI is InChI=1S/C25H29N3O3/c1-5-19-23(18-12-11-16(30-3)14-22(18)31-4)26-20(6-2)25(27-19)28-24-17-10-8-7-9-15(17)13-21(24)29/h7-12,14,21,24,29H,5-6,13H2,1-4H3,(H,27,28)/t21-,24?/m0/s1. The molecule has 0 fully saturated rings. The molecule has 0 radical (unpaired) electrons. The molecule has 162 valence electrons. The molecular formula is C25H29N3O3. The monoisotopic (exact) mass is 419 g/mol. The summed E-state index contributed by atoms with van der Waals surface area (Å²) >= 11 is 0. The number of nitrogens with one attached hydrogen (secondary N) is 1. The molecule has 4 rings (SSSR count). The number of benzene rings is 2. The van der Waals surface area contributed by atoms with Crippen LogP contribution >= 0.6 is 0 Å². The number of aromatic nitrogens is 2. The van der Waals surface area contributed by atoms with Crippen molar-refractivity contribution in [3.63, 3.8) is 0 Å². The minimum Gasteiger partial charge on any atom is -0.497 e. The van der Waals surface area contributed by atoms with E-state index in [1.165, 1.54) is 5.56 Å². The van der Waals surface area contributed by atoms with E-state index in [9.17, 15) is 5.11 Å². The van der Waals surface area contributed by atoms with Crippen molar-refractivity contribution in [2.24, 2.45) is 0 Å². The molecular weight excluding hydrogens is 390 g/mol. The molecule has 2 aromatic carbocycles. The molecule has 0 saturated carbocycles. The van der Waals surface area contributed by atoms with Gasteiger partial charge in [-0.1, -0.05) is 38.1 Å². The lowest BCUT2D eigenvalue weighted by Gasteiger charge is -2.22. The molecule has 6 nitrogen and oxygen atoms in total. The lowest BCUT2D eigenvalue weighted by atomic mass is 10.1. The maximum absolute atomic E-state index is 10.7. The summed E-state index contributed by atoms with van der Waals surface area (Å²) in [5.74, 6) is 2.16. The fourth-order valence-corrected chi connectivity index (χ4v) is 4.22. The number of hydrogen-bond donors (Lipinski definition) is 2. The van der Waals surface area contributed by atoms with Gasteiger partial charge in [0.15, 0.2) is 0 Å². The minimum atomic E-state index is -0.490. The number of fused-ring (bicyclic) bond motifs is 1. The Labute approximate surface area is 183 Å². The van der Waals surface area contributed by atoms with Gasteiger partial charge in [-0.15, -0.1) is 0 Å². The molecule has 2 N–H and O–H groups in total. The number of methoxy groups -OCH3 is 2. The Morgan fingerprint density at radius 2 is 1.77 bits per heavy atom. The summed E-state index contributed by atoms with van der Waals surface area (Å²) in [6.07, 6.45) is 1.59. The van der Waals surface area contributed by atoms with Crippen molar-refractivity contribution in [3.05, 3.63) is 65.0 Å². The third kappa shape index (κ3) is 3.95. The van der Waals surface area contributed by atoms with Gasteiger partial charge in [0.1, 0.15) is 17.3 Å². The average Bonchev–Trinajstić information content (AvgIpc) is 3.13. The van der Waals surface area contributed by atoms with E-state index in [0.29, 0.717) is 12.2 Å². The van der Waals surface area contributed by atoms with Gasteiger partial charge >= 0.3 is 0 Å². The van der Waals surface area contributed by atoms with Gasteiger partial charge in [-0.05, 0) is 36.1 Å². The van der Waals surface area contributed by atoms with Crippen molar-refractivity contribution in [3.8, 4) is 22.8 Å². The normalized spacial score (nSPS) is 17.3. The van der Waals surface area contributed by atoms with Gasteiger partial charge < -0.3 is 19.9 Å². The van der Waals surface area contributed by atoms with E-state index in [4.69, 9.17) is 19.4 Å². The van der Waals surface area contributed by atoms with E-state index in [0.717, 1.165) is 52.6 Å². The maximum Gasteiger partial charge on any atom is 0.148 e. The molecule has 6 heteroatoms. The maximum atomic E-state index is 10.7. The van der Waals surface area contributed by atoms with Crippen LogP contribution < -0.4 is 14.8 Å². The lowest BCUT2D eigenvalue weighted by Crippen LogP contribution is -2.23. The number of aryl methyl sites for hydroxylation is 2. The Hall–Kier alpha value is -3.12. The first-order valence-electron chi connectivity index (χ1n) is 10.7. The van der Waals surface area contributed by atoms with E-state index in [-0.39, 0.29) is 6.04 Å². The number of ether oxygens (including phenoxy) is 2. The number of nitrogens with zero attached hydrogens (tertiary/aromatic N) is 2. The highest BCUT2D eigenvalue weighted by Crippen LogP contribution is 2.37. The lowest BCUT2D eigenvalue weighted by molar-refractivity contribution is 0.165. The first-order chi connectivity index (χ1) is 15.1. The summed E-state index contributed by atoms with van der Waals surface area (Å²) in [6, 6.07) is 13.7. The third-order valence-electron chi connectivity index (χ3n) is 5.87. The van der Waals surface area contributed by atoms with Crippen LogP contribution in [0.15, 0.2) is 42.5 Å². The van der Waals surface area contributed by atoms with Crippen molar-refractivity contribution in [1.29, 1.82) is 0 Å². The zero-order chi connectivity index (χ0) is 22.0. The predicted octanol–water partition coefficient (Wildman–Crippen LogP) is 4.36. The average molecular weight is 420 g/mol. The topological polar surface area (TPSA) is 76.5 Å². The van der Waals surface area contributed by atoms with Crippen molar-refractivity contribution in [2.75, 3.05) is 19.5 Å². The fourth-order valence-electron chi connectivity index (χ4n) is 4.22. The number of hydrogen-bond acceptors (Lipinski definition) is 6. The van der Waals surface area contributed by atoms with E-state index in [1.807, 2.05) is 30.3 Å². The van der Waals surface area contributed by atoms with Gasteiger partial charge in [-0.2, -0.15) is 0 Å². The van der Waals surface area contributed by atoms with Crippen LogP contribution in [-0.2, 0) is 19.3 Å². The van der Waals surface area contributed by atoms with Gasteiger partial charge in [-0.3, -0.25) is 0 Å². The van der Waals surface area contributed by atoms with Crippen molar-refractivity contribution in [2.45, 2.75) is 45.3 Å². The number of rotatable bonds is 7. The van der Waals surface area contributed by atoms with Crippen molar-refractivity contribution >= 4 is 5.82 Å². The SMILES string of the molecule is CCc1nc(-c2ccc(OC)cc2OC)c(CC)nc1NC1c2ccccc2C[C@@H]1O. The molecule has 1 aromatic heterocycles.